The van der Waals surface area contributed by atoms with Gasteiger partial charge in [0.25, 0.3) is 0 Å². The van der Waals surface area contributed by atoms with Crippen molar-refractivity contribution in [3.8, 4) is 0 Å². The Bertz CT molecular complexity index is 2060. The number of carbonyl (C=O) groups excluding carboxylic acids is 4. The van der Waals surface area contributed by atoms with E-state index in [-0.39, 0.29) is 169 Å². The first-order valence-corrected chi connectivity index (χ1v) is 28.4. The number of carbonyl (C=O) groups is 4. The highest BCUT2D eigenvalue weighted by molar-refractivity contribution is 5.79. The fraction of sp³-hybridized carbons (Fsp3) is 0.920. The summed E-state index contributed by atoms with van der Waals surface area (Å²) in [6.07, 6.45) is 7.45. The van der Waals surface area contributed by atoms with E-state index in [0.717, 1.165) is 51.4 Å². The molecule has 70 heavy (non-hydrogen) atoms. The number of amides is 8. The normalized spacial score (nSPS) is 50.0. The SMILES string of the molecule is CCN1C(=O)NC2CC3C4NC(NC5NC(NC6NC(NC7NC(N4)C4CC8C(CC74)N(CC)C(=O)N8CC)C4CC7C(CC64)N(CC)C(=O)N7CC)C4CC6C(CC54)N(CC)C(=O)N6CC)C3CC21. The Labute approximate surface area is 414 Å². The molecule has 13 fully saturated rings. The largest absolute Gasteiger partial charge is 0.333 e. The van der Waals surface area contributed by atoms with E-state index >= 15 is 0 Å². The van der Waals surface area contributed by atoms with Crippen molar-refractivity contribution in [3.63, 3.8) is 0 Å². The van der Waals surface area contributed by atoms with Gasteiger partial charge in [0.15, 0.2) is 0 Å². The summed E-state index contributed by atoms with van der Waals surface area (Å²) in [5, 5.41) is 37.7. The maximum absolute atomic E-state index is 14.0. The van der Waals surface area contributed by atoms with Crippen LogP contribution in [-0.2, 0) is 0 Å². The van der Waals surface area contributed by atoms with Crippen molar-refractivity contribution in [2.75, 3.05) is 45.8 Å². The molecule has 388 valence electrons. The Balaban J connectivity index is 0.887. The molecule has 0 radical (unpaired) electrons. The van der Waals surface area contributed by atoms with Crippen molar-refractivity contribution < 1.29 is 19.2 Å². The van der Waals surface area contributed by atoms with E-state index in [1.807, 2.05) is 0 Å². The second kappa shape index (κ2) is 17.4. The lowest BCUT2D eigenvalue weighted by Gasteiger charge is -2.43. The van der Waals surface area contributed by atoms with E-state index < -0.39 is 0 Å². The van der Waals surface area contributed by atoms with Crippen LogP contribution in [0.4, 0.5) is 19.2 Å². The Kier molecular flexibility index (Phi) is 11.6. The van der Waals surface area contributed by atoms with Crippen molar-refractivity contribution in [1.82, 2.24) is 82.2 Å². The first-order valence-electron chi connectivity index (χ1n) is 28.4. The number of likely N-dealkylation sites (N-methyl/N-ethyl adjacent to an activating group) is 7. The van der Waals surface area contributed by atoms with Crippen molar-refractivity contribution in [3.05, 3.63) is 0 Å². The van der Waals surface area contributed by atoms with E-state index in [4.69, 9.17) is 0 Å². The summed E-state index contributed by atoms with van der Waals surface area (Å²) in [4.78, 5) is 70.4. The molecule has 24 unspecified atom stereocenters. The van der Waals surface area contributed by atoms with Gasteiger partial charge in [0.05, 0.1) is 97.7 Å². The zero-order valence-corrected chi connectivity index (χ0v) is 42.7. The third-order valence-electron chi connectivity index (χ3n) is 21.6. The first kappa shape index (κ1) is 46.5. The monoisotopic (exact) mass is 973 g/mol. The minimum atomic E-state index is -0.00344. The van der Waals surface area contributed by atoms with Crippen molar-refractivity contribution in [2.45, 2.75) is 197 Å². The second-order valence-electron chi connectivity index (χ2n) is 23.7. The summed E-state index contributed by atoms with van der Waals surface area (Å²) in [7, 11) is 0. The van der Waals surface area contributed by atoms with Crippen LogP contribution in [0.1, 0.15) is 99.8 Å². The van der Waals surface area contributed by atoms with Crippen LogP contribution in [0.15, 0.2) is 0 Å². The first-order chi connectivity index (χ1) is 34.0. The highest BCUT2D eigenvalue weighted by Crippen LogP contribution is 2.51. The summed E-state index contributed by atoms with van der Waals surface area (Å²) in [6, 6.07) is 1.93. The number of hydrogen-bond donors (Lipinski definition) is 9. The van der Waals surface area contributed by atoms with Crippen molar-refractivity contribution in [1.29, 1.82) is 0 Å². The van der Waals surface area contributed by atoms with Crippen molar-refractivity contribution in [2.24, 2.45) is 47.3 Å². The van der Waals surface area contributed by atoms with Gasteiger partial charge in [-0.05, 0) is 147 Å². The lowest BCUT2D eigenvalue weighted by Crippen LogP contribution is -2.62. The summed E-state index contributed by atoms with van der Waals surface area (Å²) in [5.41, 5.74) is 0. The average molecular weight is 973 g/mol. The molecule has 24 atom stereocenters. The Morgan fingerprint density at radius 2 is 0.500 bits per heavy atom. The minimum Gasteiger partial charge on any atom is -0.333 e. The molecular formula is C50H84N16O4. The van der Waals surface area contributed by atoms with Gasteiger partial charge in [0.2, 0.25) is 0 Å². The highest BCUT2D eigenvalue weighted by Gasteiger charge is 2.63. The Morgan fingerprint density at radius 3 is 0.714 bits per heavy atom. The van der Waals surface area contributed by atoms with Crippen LogP contribution in [0.25, 0.3) is 0 Å². The molecule has 13 aliphatic rings. The quantitative estimate of drug-likeness (QED) is 0.175. The summed E-state index contributed by atoms with van der Waals surface area (Å²) in [6.45, 7) is 19.9. The number of nitrogens with zero attached hydrogens (tertiary/aromatic N) is 7. The number of rotatable bonds is 7. The maximum atomic E-state index is 14.0. The third kappa shape index (κ3) is 6.66. The predicted molar refractivity (Wildman–Crippen MR) is 262 cm³/mol. The molecule has 8 bridgehead atoms. The standard InChI is InChI=1S/C50H84N16O4/c1-8-60-32-16-24-23(15-31(32)51-47(60)67)39-52-40(24)54-42-27-19-35-36(64(12-5)49(69)63(35)11-4)20-28(27)44(56-42)58-46-30-22-38-37(65(13-6)50(70)66(38)14-7)21-29(30)45(59-46)57-43-26-18-34-33(17-25(26)41(53-39)55-43)61(9-2)48(68)62(34)10-3/h23-46,52-59H,8-22H2,1-7H3,(H,51,67). The molecule has 20 nitrogen and oxygen atoms in total. The van der Waals surface area contributed by atoms with E-state index in [1.54, 1.807) is 0 Å². The Hall–Kier alpha value is -3.24. The fourth-order valence-corrected chi connectivity index (χ4v) is 18.7. The smallest absolute Gasteiger partial charge is 0.320 e. The molecule has 9 N–H and O–H groups in total. The van der Waals surface area contributed by atoms with Crippen LogP contribution >= 0.6 is 0 Å². The van der Waals surface area contributed by atoms with Gasteiger partial charge in [0.1, 0.15) is 0 Å². The molecule has 13 rings (SSSR count). The zero-order chi connectivity index (χ0) is 48.2. The minimum absolute atomic E-state index is 0.000673. The molecule has 0 aromatic rings. The summed E-state index contributed by atoms with van der Waals surface area (Å²) in [5.74, 6) is 2.28. The number of hydrogen-bond acceptors (Lipinski definition) is 12. The average Bonchev–Trinajstić information content (AvgIpc) is 4.23. The molecule has 8 amide bonds. The predicted octanol–water partition coefficient (Wildman–Crippen LogP) is 0.811. The van der Waals surface area contributed by atoms with Gasteiger partial charge in [-0.15, -0.1) is 0 Å². The van der Waals surface area contributed by atoms with E-state index in [1.165, 1.54) is 0 Å². The molecule has 0 spiro atoms. The van der Waals surface area contributed by atoms with Gasteiger partial charge < -0.3 is 39.6 Å². The van der Waals surface area contributed by atoms with Crippen LogP contribution in [0.5, 0.6) is 0 Å². The molecule has 20 heteroatoms. The molecule has 4 aliphatic carbocycles. The molecule has 4 saturated carbocycles. The van der Waals surface area contributed by atoms with Gasteiger partial charge in [-0.2, -0.15) is 0 Å². The molecule has 9 aliphatic heterocycles. The van der Waals surface area contributed by atoms with Crippen LogP contribution in [0.3, 0.4) is 0 Å². The Morgan fingerprint density at radius 1 is 0.300 bits per heavy atom. The third-order valence-corrected chi connectivity index (χ3v) is 21.6. The number of nitrogens with one attached hydrogen (secondary N) is 9. The van der Waals surface area contributed by atoms with Crippen LogP contribution in [0.2, 0.25) is 0 Å². The van der Waals surface area contributed by atoms with Crippen LogP contribution in [-0.4, -0.2) is 202 Å². The molecule has 9 saturated heterocycles. The number of fused-ring (bicyclic) bond motifs is 24. The van der Waals surface area contributed by atoms with E-state index in [9.17, 15) is 19.2 Å². The van der Waals surface area contributed by atoms with Crippen molar-refractivity contribution >= 4 is 24.1 Å². The number of urea groups is 4. The van der Waals surface area contributed by atoms with Gasteiger partial charge in [-0.1, -0.05) is 0 Å². The van der Waals surface area contributed by atoms with Gasteiger partial charge >= 0.3 is 24.1 Å². The molecule has 0 aromatic carbocycles. The molecule has 9 heterocycles. The van der Waals surface area contributed by atoms with E-state index in [2.05, 4.69) is 131 Å². The fourth-order valence-electron chi connectivity index (χ4n) is 18.7. The summed E-state index contributed by atoms with van der Waals surface area (Å²) < 4.78 is 0. The lowest BCUT2D eigenvalue weighted by atomic mass is 9.71. The summed E-state index contributed by atoms with van der Waals surface area (Å²) >= 11 is 0. The zero-order valence-electron chi connectivity index (χ0n) is 42.7. The van der Waals surface area contributed by atoms with Crippen LogP contribution < -0.4 is 47.9 Å². The molecular weight excluding hydrogens is 889 g/mol. The van der Waals surface area contributed by atoms with Gasteiger partial charge in [-0.25, -0.2) is 19.2 Å². The maximum Gasteiger partial charge on any atom is 0.320 e. The molecule has 0 aromatic heterocycles. The van der Waals surface area contributed by atoms with Gasteiger partial charge in [-0.3, -0.25) is 42.5 Å². The lowest BCUT2D eigenvalue weighted by molar-refractivity contribution is 0.0826. The van der Waals surface area contributed by atoms with Crippen LogP contribution in [0, 0.1) is 47.3 Å². The highest BCUT2D eigenvalue weighted by atomic mass is 16.2. The topological polar surface area (TPSA) is 199 Å². The van der Waals surface area contributed by atoms with Gasteiger partial charge in [0, 0.05) is 45.8 Å². The van der Waals surface area contributed by atoms with E-state index in [0.29, 0.717) is 45.8 Å². The second-order valence-corrected chi connectivity index (χ2v) is 23.7.